The lowest BCUT2D eigenvalue weighted by Crippen LogP contribution is -2.25. The number of rotatable bonds is 8. The molecule has 0 aliphatic heterocycles. The third kappa shape index (κ3) is 6.96. The normalized spacial score (nSPS) is 26.2. The number of hydrogen-bond donors (Lipinski definition) is 0. The number of halogens is 2. The summed E-state index contributed by atoms with van der Waals surface area (Å²) in [5.74, 6) is 7.20. The van der Waals surface area contributed by atoms with Crippen LogP contribution in [-0.4, -0.2) is 7.11 Å². The lowest BCUT2D eigenvalue weighted by Gasteiger charge is -2.37. The molecule has 2 saturated carbocycles. The molecule has 0 aromatic heterocycles. The van der Waals surface area contributed by atoms with E-state index >= 15 is 0 Å². The Morgan fingerprint density at radius 3 is 2.13 bits per heavy atom. The molecule has 2 fully saturated rings. The van der Waals surface area contributed by atoms with Gasteiger partial charge in [0.2, 0.25) is 5.82 Å². The van der Waals surface area contributed by atoms with E-state index in [0.717, 1.165) is 30.6 Å². The molecule has 0 saturated heterocycles. The number of methoxy groups -OCH3 is 1. The lowest BCUT2D eigenvalue weighted by atomic mass is 9.69. The summed E-state index contributed by atoms with van der Waals surface area (Å²) in [5, 5.41) is 0. The third-order valence-corrected chi connectivity index (χ3v) is 7.72. The Labute approximate surface area is 188 Å². The lowest BCUT2D eigenvalue weighted by molar-refractivity contribution is 0.153. The first-order chi connectivity index (χ1) is 15.1. The zero-order chi connectivity index (χ0) is 22.1. The van der Waals surface area contributed by atoms with Gasteiger partial charge in [-0.1, -0.05) is 70.1 Å². The van der Waals surface area contributed by atoms with Crippen LogP contribution in [0.25, 0.3) is 0 Å². The van der Waals surface area contributed by atoms with Crippen LogP contribution in [0.5, 0.6) is 5.75 Å². The van der Waals surface area contributed by atoms with Crippen LogP contribution in [0.2, 0.25) is 0 Å². The Morgan fingerprint density at radius 2 is 1.48 bits per heavy atom. The van der Waals surface area contributed by atoms with Crippen molar-refractivity contribution in [1.29, 1.82) is 0 Å². The van der Waals surface area contributed by atoms with Gasteiger partial charge in [-0.05, 0) is 68.4 Å². The minimum Gasteiger partial charge on any atom is -0.494 e. The molecule has 0 N–H and O–H groups in total. The molecule has 1 aromatic carbocycles. The Kier molecular flexibility index (Phi) is 9.69. The van der Waals surface area contributed by atoms with Gasteiger partial charge in [-0.2, -0.15) is 4.39 Å². The maximum atomic E-state index is 14.1. The summed E-state index contributed by atoms with van der Waals surface area (Å²) in [6, 6.07) is 2.96. The topological polar surface area (TPSA) is 9.23 Å². The second-order valence-corrected chi connectivity index (χ2v) is 9.81. The first-order valence-corrected chi connectivity index (χ1v) is 12.7. The number of ether oxygens (including phenoxy) is 1. The first-order valence-electron chi connectivity index (χ1n) is 12.7. The Hall–Kier alpha value is -1.56. The zero-order valence-corrected chi connectivity index (χ0v) is 19.5. The average Bonchev–Trinajstić information content (AvgIpc) is 2.81. The van der Waals surface area contributed by atoms with E-state index in [0.29, 0.717) is 5.92 Å². The Morgan fingerprint density at radius 1 is 0.839 bits per heavy atom. The van der Waals surface area contributed by atoms with E-state index in [9.17, 15) is 8.78 Å². The van der Waals surface area contributed by atoms with Crippen LogP contribution in [0.3, 0.4) is 0 Å². The van der Waals surface area contributed by atoms with Crippen molar-refractivity contribution in [3.63, 3.8) is 0 Å². The highest BCUT2D eigenvalue weighted by molar-refractivity contribution is 5.41. The molecule has 2 aliphatic rings. The van der Waals surface area contributed by atoms with Gasteiger partial charge >= 0.3 is 0 Å². The van der Waals surface area contributed by atoms with Crippen molar-refractivity contribution in [2.45, 2.75) is 96.8 Å². The van der Waals surface area contributed by atoms with Crippen LogP contribution in [-0.2, 0) is 0 Å². The van der Waals surface area contributed by atoms with E-state index < -0.39 is 11.6 Å². The summed E-state index contributed by atoms with van der Waals surface area (Å²) in [6.07, 6.45) is 18.8. The molecule has 0 spiro atoms. The average molecular weight is 431 g/mol. The van der Waals surface area contributed by atoms with Crippen LogP contribution in [0.4, 0.5) is 8.78 Å². The third-order valence-electron chi connectivity index (χ3n) is 7.72. The fourth-order valence-electron chi connectivity index (χ4n) is 5.69. The molecule has 1 nitrogen and oxygen atoms in total. The highest BCUT2D eigenvalue weighted by atomic mass is 19.2. The fraction of sp³-hybridized carbons (Fsp3) is 0.714. The minimum atomic E-state index is -0.949. The molecule has 0 bridgehead atoms. The predicted octanol–water partition coefficient (Wildman–Crippen LogP) is 8.30. The maximum Gasteiger partial charge on any atom is 0.201 e. The quantitative estimate of drug-likeness (QED) is 0.298. The standard InChI is InChI=1S/C28H40F2O/c1-3-4-5-6-7-8-21-9-14-23(15-10-21)24-16-11-22(12-17-24)13-18-25-19-20-26(31-2)28(30)27(25)29/h19-24H,3-12,14-17H2,1-2H3. The van der Waals surface area contributed by atoms with Gasteiger partial charge in [0.1, 0.15) is 0 Å². The van der Waals surface area contributed by atoms with E-state index in [2.05, 4.69) is 18.8 Å². The maximum absolute atomic E-state index is 14.1. The van der Waals surface area contributed by atoms with Gasteiger partial charge in [0.25, 0.3) is 0 Å². The second-order valence-electron chi connectivity index (χ2n) is 9.81. The minimum absolute atomic E-state index is 0.0743. The van der Waals surface area contributed by atoms with Gasteiger partial charge in [0.15, 0.2) is 11.6 Å². The van der Waals surface area contributed by atoms with Crippen LogP contribution in [0.1, 0.15) is 102 Å². The zero-order valence-electron chi connectivity index (χ0n) is 19.5. The molecule has 172 valence electrons. The molecule has 0 amide bonds. The van der Waals surface area contributed by atoms with Crippen molar-refractivity contribution in [3.05, 3.63) is 29.3 Å². The molecule has 0 heterocycles. The molecule has 31 heavy (non-hydrogen) atoms. The van der Waals surface area contributed by atoms with Gasteiger partial charge in [-0.25, -0.2) is 4.39 Å². The summed E-state index contributed by atoms with van der Waals surface area (Å²) in [5.41, 5.74) is 0.133. The summed E-state index contributed by atoms with van der Waals surface area (Å²) in [6.45, 7) is 2.28. The van der Waals surface area contributed by atoms with E-state index in [1.165, 1.54) is 96.3 Å². The fourth-order valence-corrected chi connectivity index (χ4v) is 5.69. The monoisotopic (exact) mass is 430 g/mol. The van der Waals surface area contributed by atoms with Gasteiger partial charge in [0.05, 0.1) is 12.7 Å². The van der Waals surface area contributed by atoms with Crippen LogP contribution in [0.15, 0.2) is 12.1 Å². The summed E-state index contributed by atoms with van der Waals surface area (Å²) < 4.78 is 32.8. The molecular weight excluding hydrogens is 390 g/mol. The van der Waals surface area contributed by atoms with Gasteiger partial charge in [-0.3, -0.25) is 0 Å². The molecule has 2 aliphatic carbocycles. The van der Waals surface area contributed by atoms with E-state index in [1.54, 1.807) is 0 Å². The van der Waals surface area contributed by atoms with Crippen LogP contribution in [0, 0.1) is 47.1 Å². The van der Waals surface area contributed by atoms with Crippen molar-refractivity contribution < 1.29 is 13.5 Å². The molecular formula is C28H40F2O. The number of benzene rings is 1. The van der Waals surface area contributed by atoms with Crippen molar-refractivity contribution >= 4 is 0 Å². The number of unbranched alkanes of at least 4 members (excludes halogenated alkanes) is 4. The Bertz CT molecular complexity index is 731. The molecule has 3 heteroatoms. The molecule has 1 aromatic rings. The highest BCUT2D eigenvalue weighted by Crippen LogP contribution is 2.42. The van der Waals surface area contributed by atoms with Crippen LogP contribution < -0.4 is 4.74 Å². The van der Waals surface area contributed by atoms with E-state index in [1.807, 2.05) is 0 Å². The van der Waals surface area contributed by atoms with Crippen molar-refractivity contribution in [2.24, 2.45) is 23.7 Å². The van der Waals surface area contributed by atoms with Crippen molar-refractivity contribution in [2.75, 3.05) is 7.11 Å². The largest absolute Gasteiger partial charge is 0.494 e. The Balaban J connectivity index is 1.39. The van der Waals surface area contributed by atoms with Gasteiger partial charge in [-0.15, -0.1) is 0 Å². The second kappa shape index (κ2) is 12.5. The summed E-state index contributed by atoms with van der Waals surface area (Å²) in [7, 11) is 1.34. The number of hydrogen-bond acceptors (Lipinski definition) is 1. The molecule has 0 radical (unpaired) electrons. The van der Waals surface area contributed by atoms with Crippen molar-refractivity contribution in [3.8, 4) is 17.6 Å². The van der Waals surface area contributed by atoms with Crippen molar-refractivity contribution in [1.82, 2.24) is 0 Å². The van der Waals surface area contributed by atoms with Gasteiger partial charge < -0.3 is 4.74 Å². The van der Waals surface area contributed by atoms with E-state index in [-0.39, 0.29) is 11.3 Å². The summed E-state index contributed by atoms with van der Waals surface area (Å²) in [4.78, 5) is 0. The van der Waals surface area contributed by atoms with Crippen LogP contribution >= 0.6 is 0 Å². The molecule has 0 unspecified atom stereocenters. The van der Waals surface area contributed by atoms with E-state index in [4.69, 9.17) is 4.74 Å². The SMILES string of the molecule is CCCCCCCC1CCC(C2CCC(C#Cc3ccc(OC)c(F)c3F)CC2)CC1. The predicted molar refractivity (Wildman–Crippen MR) is 124 cm³/mol. The highest BCUT2D eigenvalue weighted by Gasteiger charge is 2.30. The molecule has 3 rings (SSSR count). The smallest absolute Gasteiger partial charge is 0.201 e. The summed E-state index contributed by atoms with van der Waals surface area (Å²) >= 11 is 0. The molecule has 0 atom stereocenters. The first kappa shape index (κ1) is 24.1. The van der Waals surface area contributed by atoms with Gasteiger partial charge in [0, 0.05) is 5.92 Å².